The first-order chi connectivity index (χ1) is 10.1. The summed E-state index contributed by atoms with van der Waals surface area (Å²) < 4.78 is 0.848. The quantitative estimate of drug-likeness (QED) is 0.814. The van der Waals surface area contributed by atoms with Crippen LogP contribution in [0.25, 0.3) is 0 Å². The maximum Gasteiger partial charge on any atom is 0.227 e. The third kappa shape index (κ3) is 3.10. The van der Waals surface area contributed by atoms with Crippen molar-refractivity contribution in [3.63, 3.8) is 0 Å². The Labute approximate surface area is 132 Å². The number of rotatable bonds is 2. The summed E-state index contributed by atoms with van der Waals surface area (Å²) in [6.45, 7) is 0. The number of hydrogen-bond donors (Lipinski definition) is 2. The monoisotopic (exact) mass is 344 g/mol. The minimum Gasteiger partial charge on any atom is -0.399 e. The molecule has 3 nitrogen and oxygen atoms in total. The van der Waals surface area contributed by atoms with Crippen molar-refractivity contribution in [2.75, 3.05) is 11.1 Å². The Morgan fingerprint density at radius 1 is 1.19 bits per heavy atom. The van der Waals surface area contributed by atoms with Gasteiger partial charge < -0.3 is 11.1 Å². The summed E-state index contributed by atoms with van der Waals surface area (Å²) in [5, 5.41) is 2.99. The van der Waals surface area contributed by atoms with Crippen molar-refractivity contribution in [2.45, 2.75) is 19.3 Å². The van der Waals surface area contributed by atoms with E-state index in [2.05, 4.69) is 39.4 Å². The standard InChI is InChI=1S/C17H17BrN2O/c18-15-8-7-14(19)10-16(15)20-17(21)13-6-5-11-3-1-2-4-12(11)9-13/h1-4,7-8,10,13H,5-6,9,19H2,(H,20,21). The molecular weight excluding hydrogens is 328 g/mol. The number of nitrogens with one attached hydrogen (secondary N) is 1. The van der Waals surface area contributed by atoms with Crippen LogP contribution in [0.1, 0.15) is 17.5 Å². The molecule has 0 radical (unpaired) electrons. The third-order valence-electron chi connectivity index (χ3n) is 3.97. The molecule has 0 aromatic heterocycles. The van der Waals surface area contributed by atoms with Gasteiger partial charge in [0.1, 0.15) is 0 Å². The van der Waals surface area contributed by atoms with Crippen molar-refractivity contribution in [3.05, 3.63) is 58.1 Å². The van der Waals surface area contributed by atoms with Crippen molar-refractivity contribution >= 4 is 33.2 Å². The van der Waals surface area contributed by atoms with Crippen LogP contribution in [0.4, 0.5) is 11.4 Å². The molecule has 0 saturated heterocycles. The van der Waals surface area contributed by atoms with Gasteiger partial charge >= 0.3 is 0 Å². The molecule has 4 heteroatoms. The van der Waals surface area contributed by atoms with Crippen LogP contribution in [-0.2, 0) is 17.6 Å². The normalized spacial score (nSPS) is 17.1. The molecule has 0 fully saturated rings. The molecule has 108 valence electrons. The summed E-state index contributed by atoms with van der Waals surface area (Å²) in [5.41, 5.74) is 9.80. The van der Waals surface area contributed by atoms with Crippen LogP contribution in [0.3, 0.4) is 0 Å². The van der Waals surface area contributed by atoms with Crippen LogP contribution >= 0.6 is 15.9 Å². The van der Waals surface area contributed by atoms with Crippen molar-refractivity contribution in [2.24, 2.45) is 5.92 Å². The second-order valence-corrected chi connectivity index (χ2v) is 6.29. The smallest absolute Gasteiger partial charge is 0.227 e. The molecule has 3 N–H and O–H groups in total. The van der Waals surface area contributed by atoms with Crippen LogP contribution in [0.5, 0.6) is 0 Å². The first kappa shape index (κ1) is 14.1. The van der Waals surface area contributed by atoms with Crippen molar-refractivity contribution < 1.29 is 4.79 Å². The molecule has 2 aromatic rings. The maximum atomic E-state index is 12.5. The molecule has 0 bridgehead atoms. The van der Waals surface area contributed by atoms with E-state index in [-0.39, 0.29) is 11.8 Å². The molecule has 2 aromatic carbocycles. The van der Waals surface area contributed by atoms with Gasteiger partial charge in [-0.05, 0) is 64.5 Å². The molecule has 0 aliphatic heterocycles. The van der Waals surface area contributed by atoms with E-state index in [4.69, 9.17) is 5.73 Å². The number of carbonyl (C=O) groups is 1. The predicted octanol–water partition coefficient (Wildman–Crippen LogP) is 3.77. The van der Waals surface area contributed by atoms with E-state index >= 15 is 0 Å². The number of amides is 1. The lowest BCUT2D eigenvalue weighted by Gasteiger charge is -2.24. The van der Waals surface area contributed by atoms with E-state index in [0.29, 0.717) is 5.69 Å². The van der Waals surface area contributed by atoms with Crippen LogP contribution in [-0.4, -0.2) is 5.91 Å². The van der Waals surface area contributed by atoms with Gasteiger partial charge in [0.25, 0.3) is 0 Å². The maximum absolute atomic E-state index is 12.5. The first-order valence-corrected chi connectivity index (χ1v) is 7.85. The van der Waals surface area contributed by atoms with Gasteiger partial charge in [-0.2, -0.15) is 0 Å². The zero-order chi connectivity index (χ0) is 14.8. The van der Waals surface area contributed by atoms with E-state index < -0.39 is 0 Å². The number of hydrogen-bond acceptors (Lipinski definition) is 2. The molecule has 0 spiro atoms. The molecule has 1 atom stereocenters. The Morgan fingerprint density at radius 3 is 2.76 bits per heavy atom. The molecule has 1 aliphatic carbocycles. The summed E-state index contributed by atoms with van der Waals surface area (Å²) in [5.74, 6) is 0.0871. The highest BCUT2D eigenvalue weighted by molar-refractivity contribution is 9.10. The lowest BCUT2D eigenvalue weighted by molar-refractivity contribution is -0.120. The van der Waals surface area contributed by atoms with E-state index in [0.717, 1.165) is 29.4 Å². The molecular formula is C17H17BrN2O. The van der Waals surface area contributed by atoms with E-state index in [1.54, 1.807) is 12.1 Å². The first-order valence-electron chi connectivity index (χ1n) is 7.06. The number of nitrogen functional groups attached to an aromatic ring is 1. The summed E-state index contributed by atoms with van der Waals surface area (Å²) in [6, 6.07) is 13.8. The average Bonchev–Trinajstić information content (AvgIpc) is 2.50. The van der Waals surface area contributed by atoms with Crippen LogP contribution < -0.4 is 11.1 Å². The molecule has 0 heterocycles. The van der Waals surface area contributed by atoms with E-state index in [1.165, 1.54) is 11.1 Å². The van der Waals surface area contributed by atoms with Gasteiger partial charge in [0.2, 0.25) is 5.91 Å². The number of anilines is 2. The average molecular weight is 345 g/mol. The number of fused-ring (bicyclic) bond motifs is 1. The lowest BCUT2D eigenvalue weighted by Crippen LogP contribution is -2.28. The number of nitrogens with two attached hydrogens (primary N) is 1. The number of aryl methyl sites for hydroxylation is 1. The highest BCUT2D eigenvalue weighted by Gasteiger charge is 2.24. The summed E-state index contributed by atoms with van der Waals surface area (Å²) in [7, 11) is 0. The van der Waals surface area contributed by atoms with Gasteiger partial charge in [0.05, 0.1) is 5.69 Å². The topological polar surface area (TPSA) is 55.1 Å². The largest absolute Gasteiger partial charge is 0.399 e. The number of halogens is 1. The van der Waals surface area contributed by atoms with Crippen LogP contribution in [0, 0.1) is 5.92 Å². The van der Waals surface area contributed by atoms with Gasteiger partial charge in [-0.25, -0.2) is 0 Å². The Balaban J connectivity index is 1.74. The SMILES string of the molecule is Nc1ccc(Br)c(NC(=O)C2CCc3ccccc3C2)c1. The van der Waals surface area contributed by atoms with Gasteiger partial charge in [0.15, 0.2) is 0 Å². The molecule has 0 saturated carbocycles. The minimum absolute atomic E-state index is 0.0215. The van der Waals surface area contributed by atoms with Gasteiger partial charge in [0, 0.05) is 16.1 Å². The van der Waals surface area contributed by atoms with Crippen LogP contribution in [0.2, 0.25) is 0 Å². The van der Waals surface area contributed by atoms with Gasteiger partial charge in [-0.15, -0.1) is 0 Å². The van der Waals surface area contributed by atoms with E-state index in [1.807, 2.05) is 12.1 Å². The fraction of sp³-hybridized carbons (Fsp3) is 0.235. The Hall–Kier alpha value is -1.81. The van der Waals surface area contributed by atoms with Gasteiger partial charge in [-0.1, -0.05) is 24.3 Å². The Kier molecular flexibility index (Phi) is 3.97. The van der Waals surface area contributed by atoms with Gasteiger partial charge in [-0.3, -0.25) is 4.79 Å². The van der Waals surface area contributed by atoms with Crippen molar-refractivity contribution in [1.82, 2.24) is 0 Å². The van der Waals surface area contributed by atoms with E-state index in [9.17, 15) is 4.79 Å². The molecule has 1 unspecified atom stereocenters. The zero-order valence-corrected chi connectivity index (χ0v) is 13.2. The summed E-state index contributed by atoms with van der Waals surface area (Å²) in [6.07, 6.45) is 2.66. The molecule has 1 aliphatic rings. The Morgan fingerprint density at radius 2 is 1.95 bits per heavy atom. The lowest BCUT2D eigenvalue weighted by atomic mass is 9.83. The fourth-order valence-electron chi connectivity index (χ4n) is 2.80. The van der Waals surface area contributed by atoms with Crippen molar-refractivity contribution in [3.8, 4) is 0 Å². The predicted molar refractivity (Wildman–Crippen MR) is 89.1 cm³/mol. The summed E-state index contributed by atoms with van der Waals surface area (Å²) >= 11 is 3.44. The summed E-state index contributed by atoms with van der Waals surface area (Å²) in [4.78, 5) is 12.5. The minimum atomic E-state index is 0.0215. The Bertz CT molecular complexity index is 684. The fourth-order valence-corrected chi connectivity index (χ4v) is 3.14. The molecule has 3 rings (SSSR count). The zero-order valence-electron chi connectivity index (χ0n) is 11.6. The number of benzene rings is 2. The van der Waals surface area contributed by atoms with Crippen molar-refractivity contribution in [1.29, 1.82) is 0 Å². The molecule has 1 amide bonds. The second kappa shape index (κ2) is 5.90. The third-order valence-corrected chi connectivity index (χ3v) is 4.66. The second-order valence-electron chi connectivity index (χ2n) is 5.44. The molecule has 21 heavy (non-hydrogen) atoms. The number of carbonyl (C=O) groups excluding carboxylic acids is 1. The van der Waals surface area contributed by atoms with Crippen LogP contribution in [0.15, 0.2) is 46.9 Å². The highest BCUT2D eigenvalue weighted by Crippen LogP contribution is 2.29. The highest BCUT2D eigenvalue weighted by atomic mass is 79.9.